The van der Waals surface area contributed by atoms with Crippen LogP contribution < -0.4 is 10.6 Å². The zero-order valence-electron chi connectivity index (χ0n) is 10.6. The molecule has 0 saturated carbocycles. The van der Waals surface area contributed by atoms with Gasteiger partial charge in [0, 0.05) is 18.3 Å². The lowest BCUT2D eigenvalue weighted by atomic mass is 10.2. The molecule has 0 aliphatic heterocycles. The molecule has 1 heterocycles. The normalized spacial score (nSPS) is 10.1. The summed E-state index contributed by atoms with van der Waals surface area (Å²) in [6.07, 6.45) is 1.30. The predicted molar refractivity (Wildman–Crippen MR) is 70.8 cm³/mol. The lowest BCUT2D eigenvalue weighted by Crippen LogP contribution is -2.05. The Morgan fingerprint density at radius 2 is 1.79 bits per heavy atom. The van der Waals surface area contributed by atoms with E-state index in [4.69, 9.17) is 0 Å². The van der Waals surface area contributed by atoms with E-state index in [1.165, 1.54) is 13.3 Å². The van der Waals surface area contributed by atoms with Gasteiger partial charge >= 0.3 is 0 Å². The summed E-state index contributed by atoms with van der Waals surface area (Å²) < 4.78 is 13.7. The van der Waals surface area contributed by atoms with Gasteiger partial charge in [-0.1, -0.05) is 0 Å². The number of benzene rings is 1. The quantitative estimate of drug-likeness (QED) is 0.890. The first-order chi connectivity index (χ1) is 9.06. The molecule has 0 bridgehead atoms. The highest BCUT2D eigenvalue weighted by atomic mass is 19.1. The number of hydrogen-bond donors (Lipinski definition) is 2. The summed E-state index contributed by atoms with van der Waals surface area (Å²) in [6.45, 7) is 3.01. The predicted octanol–water partition coefficient (Wildman–Crippen LogP) is 2.63. The number of halogens is 1. The molecule has 0 atom stereocenters. The fourth-order valence-electron chi connectivity index (χ4n) is 1.52. The van der Waals surface area contributed by atoms with Crippen LogP contribution in [-0.4, -0.2) is 15.9 Å². The zero-order chi connectivity index (χ0) is 13.8. The first-order valence-electron chi connectivity index (χ1n) is 5.68. The highest BCUT2D eigenvalue weighted by Crippen LogP contribution is 2.20. The van der Waals surface area contributed by atoms with Crippen molar-refractivity contribution in [1.82, 2.24) is 9.97 Å². The molecule has 0 saturated heterocycles. The van der Waals surface area contributed by atoms with Crippen LogP contribution in [0.15, 0.2) is 30.6 Å². The second-order valence-electron chi connectivity index (χ2n) is 4.01. The second-order valence-corrected chi connectivity index (χ2v) is 4.01. The smallest absolute Gasteiger partial charge is 0.221 e. The zero-order valence-corrected chi connectivity index (χ0v) is 10.6. The Balaban J connectivity index is 2.15. The van der Waals surface area contributed by atoms with Crippen molar-refractivity contribution in [1.29, 1.82) is 0 Å². The number of aryl methyl sites for hydroxylation is 1. The minimum Gasteiger partial charge on any atom is -0.338 e. The van der Waals surface area contributed by atoms with Crippen molar-refractivity contribution in [3.63, 3.8) is 0 Å². The maximum atomic E-state index is 13.7. The van der Waals surface area contributed by atoms with Crippen LogP contribution in [0.2, 0.25) is 0 Å². The van der Waals surface area contributed by atoms with Crippen molar-refractivity contribution in [2.24, 2.45) is 0 Å². The van der Waals surface area contributed by atoms with Gasteiger partial charge < -0.3 is 10.6 Å². The number of rotatable bonds is 3. The van der Waals surface area contributed by atoms with Crippen LogP contribution in [0.4, 0.5) is 21.6 Å². The summed E-state index contributed by atoms with van der Waals surface area (Å²) in [6, 6.07) is 6.88. The highest BCUT2D eigenvalue weighted by Gasteiger charge is 2.07. The molecule has 0 aliphatic rings. The average molecular weight is 260 g/mol. The maximum absolute atomic E-state index is 13.7. The Labute approximate surface area is 109 Å². The Bertz CT molecular complexity index is 598. The van der Waals surface area contributed by atoms with Crippen LogP contribution in [0.25, 0.3) is 0 Å². The molecular formula is C13H13FN4O. The van der Waals surface area contributed by atoms with Crippen molar-refractivity contribution < 1.29 is 9.18 Å². The van der Waals surface area contributed by atoms with Crippen LogP contribution in [-0.2, 0) is 4.79 Å². The van der Waals surface area contributed by atoms with E-state index in [2.05, 4.69) is 20.6 Å². The van der Waals surface area contributed by atoms with E-state index < -0.39 is 5.82 Å². The standard InChI is InChI=1S/C13H13FN4O/c1-8-12(14)13(16-7-15-8)18-11-5-3-10(4-6-11)17-9(2)19/h3-7H,1-2H3,(H,17,19)(H,15,16,18). The van der Waals surface area contributed by atoms with E-state index in [9.17, 15) is 9.18 Å². The maximum Gasteiger partial charge on any atom is 0.221 e. The molecule has 2 N–H and O–H groups in total. The summed E-state index contributed by atoms with van der Waals surface area (Å²) in [5.74, 6) is -0.494. The van der Waals surface area contributed by atoms with Crippen molar-refractivity contribution in [2.45, 2.75) is 13.8 Å². The molecule has 0 spiro atoms. The molecule has 2 aromatic rings. The van der Waals surface area contributed by atoms with Crippen molar-refractivity contribution in [2.75, 3.05) is 10.6 Å². The van der Waals surface area contributed by atoms with Crippen LogP contribution in [0.1, 0.15) is 12.6 Å². The van der Waals surface area contributed by atoms with Crippen LogP contribution in [0, 0.1) is 12.7 Å². The van der Waals surface area contributed by atoms with Crippen LogP contribution in [0.5, 0.6) is 0 Å². The highest BCUT2D eigenvalue weighted by molar-refractivity contribution is 5.88. The van der Waals surface area contributed by atoms with E-state index in [1.54, 1.807) is 31.2 Å². The number of nitrogens with one attached hydrogen (secondary N) is 2. The van der Waals surface area contributed by atoms with Gasteiger partial charge in [0.2, 0.25) is 5.91 Å². The number of carbonyl (C=O) groups is 1. The molecule has 0 fully saturated rings. The van der Waals surface area contributed by atoms with E-state index in [1.807, 2.05) is 0 Å². The van der Waals surface area contributed by atoms with Crippen molar-refractivity contribution >= 4 is 23.1 Å². The van der Waals surface area contributed by atoms with Gasteiger partial charge in [0.15, 0.2) is 11.6 Å². The van der Waals surface area contributed by atoms with E-state index in [-0.39, 0.29) is 17.4 Å². The molecule has 98 valence electrons. The van der Waals surface area contributed by atoms with Gasteiger partial charge in [-0.15, -0.1) is 0 Å². The Morgan fingerprint density at radius 3 is 2.42 bits per heavy atom. The summed E-state index contributed by atoms with van der Waals surface area (Å²) in [7, 11) is 0. The van der Waals surface area contributed by atoms with Gasteiger partial charge in [-0.25, -0.2) is 14.4 Å². The Hall–Kier alpha value is -2.50. The minimum absolute atomic E-state index is 0.125. The van der Waals surface area contributed by atoms with E-state index >= 15 is 0 Å². The monoisotopic (exact) mass is 260 g/mol. The van der Waals surface area contributed by atoms with Crippen LogP contribution in [0.3, 0.4) is 0 Å². The molecule has 1 aromatic carbocycles. The molecule has 0 aliphatic carbocycles. The number of aromatic nitrogens is 2. The summed E-state index contributed by atoms with van der Waals surface area (Å²) >= 11 is 0. The number of amides is 1. The van der Waals surface area contributed by atoms with Gasteiger partial charge in [0.05, 0.1) is 5.69 Å². The first kappa shape index (κ1) is 12.9. The van der Waals surface area contributed by atoms with Crippen molar-refractivity contribution in [3.05, 3.63) is 42.1 Å². The third-order valence-electron chi connectivity index (χ3n) is 2.43. The molecule has 0 radical (unpaired) electrons. The summed E-state index contributed by atoms with van der Waals surface area (Å²) in [5, 5.41) is 5.50. The van der Waals surface area contributed by atoms with Gasteiger partial charge in [-0.05, 0) is 31.2 Å². The molecule has 1 amide bonds. The topological polar surface area (TPSA) is 66.9 Å². The second kappa shape index (κ2) is 5.43. The lowest BCUT2D eigenvalue weighted by molar-refractivity contribution is -0.114. The third-order valence-corrected chi connectivity index (χ3v) is 2.43. The summed E-state index contributed by atoms with van der Waals surface area (Å²) in [4.78, 5) is 18.5. The largest absolute Gasteiger partial charge is 0.338 e. The molecule has 6 heteroatoms. The number of carbonyl (C=O) groups excluding carboxylic acids is 1. The molecule has 19 heavy (non-hydrogen) atoms. The van der Waals surface area contributed by atoms with E-state index in [0.717, 1.165) is 0 Å². The van der Waals surface area contributed by atoms with Crippen molar-refractivity contribution in [3.8, 4) is 0 Å². The molecule has 0 unspecified atom stereocenters. The fourth-order valence-corrected chi connectivity index (χ4v) is 1.52. The molecule has 5 nitrogen and oxygen atoms in total. The summed E-state index contributed by atoms with van der Waals surface area (Å²) in [5.41, 5.74) is 1.64. The molecule has 2 rings (SSSR count). The third kappa shape index (κ3) is 3.25. The average Bonchev–Trinajstić information content (AvgIpc) is 2.37. The van der Waals surface area contributed by atoms with Crippen LogP contribution >= 0.6 is 0 Å². The first-order valence-corrected chi connectivity index (χ1v) is 5.68. The van der Waals surface area contributed by atoms with E-state index in [0.29, 0.717) is 11.4 Å². The SMILES string of the molecule is CC(=O)Nc1ccc(Nc2ncnc(C)c2F)cc1. The fraction of sp³-hybridized carbons (Fsp3) is 0.154. The lowest BCUT2D eigenvalue weighted by Gasteiger charge is -2.08. The van der Waals surface area contributed by atoms with Gasteiger partial charge in [-0.3, -0.25) is 4.79 Å². The van der Waals surface area contributed by atoms with Gasteiger partial charge in [0.1, 0.15) is 6.33 Å². The molecule has 1 aromatic heterocycles. The number of anilines is 3. The van der Waals surface area contributed by atoms with Gasteiger partial charge in [0.25, 0.3) is 0 Å². The van der Waals surface area contributed by atoms with Gasteiger partial charge in [-0.2, -0.15) is 0 Å². The molecular weight excluding hydrogens is 247 g/mol. The minimum atomic E-state index is -0.478. The number of nitrogens with zero attached hydrogens (tertiary/aromatic N) is 2. The Morgan fingerprint density at radius 1 is 1.16 bits per heavy atom. The number of hydrogen-bond acceptors (Lipinski definition) is 4. The Kier molecular flexibility index (Phi) is 3.70.